The summed E-state index contributed by atoms with van der Waals surface area (Å²) in [6, 6.07) is 20.1. The van der Waals surface area contributed by atoms with Gasteiger partial charge in [0.25, 0.3) is 0 Å². The average molecular weight is 1040 g/mol. The molecule has 0 heterocycles. The highest BCUT2D eigenvalue weighted by Gasteiger charge is 2.30. The molecule has 0 aliphatic heterocycles. The monoisotopic (exact) mass is 1040 g/mol. The largest absolute Gasteiger partial charge is 0.493 e. The molecule has 4 aromatic carbocycles. The van der Waals surface area contributed by atoms with Crippen molar-refractivity contribution in [1.82, 2.24) is 0 Å². The highest BCUT2D eigenvalue weighted by atomic mass is 16.6. The minimum absolute atomic E-state index is 0.116. The number of hydrogen-bond donors (Lipinski definition) is 0. The normalized spacial score (nSPS) is 12.1. The Morgan fingerprint density at radius 3 is 1.28 bits per heavy atom. The van der Waals surface area contributed by atoms with E-state index in [-0.39, 0.29) is 41.5 Å². The second kappa shape index (κ2) is 26.6. The van der Waals surface area contributed by atoms with E-state index in [1.54, 1.807) is 141 Å². The van der Waals surface area contributed by atoms with Crippen LogP contribution >= 0.6 is 0 Å². The van der Waals surface area contributed by atoms with E-state index in [0.717, 1.165) is 29.5 Å². The third-order valence-electron chi connectivity index (χ3n) is 11.2. The predicted molar refractivity (Wildman–Crippen MR) is 302 cm³/mol. The first-order valence-corrected chi connectivity index (χ1v) is 25.9. The van der Waals surface area contributed by atoms with E-state index in [0.29, 0.717) is 64.2 Å². The molecule has 0 amide bonds. The molecule has 0 N–H and O–H groups in total. The summed E-state index contributed by atoms with van der Waals surface area (Å²) in [5, 5.41) is 0. The SMILES string of the molecule is C=CC(C)(C)c1cc(/C=C/C(=O)c2ccc(OC(=O)C(C)(C)C)cc2)c(OCCC)cc1OC(=O)C(C)(C)C.CCCc1cc(/C=C/C(=O)c2ccc(OC(=O)C(C)(C)C)cc2)c(OC(C)C)cc1OC(=O)C(C)(C)C. The van der Waals surface area contributed by atoms with Crippen molar-refractivity contribution in [2.45, 2.75) is 155 Å². The summed E-state index contributed by atoms with van der Waals surface area (Å²) >= 11 is 0. The van der Waals surface area contributed by atoms with Crippen LogP contribution in [0.25, 0.3) is 12.2 Å². The molecule has 0 aromatic heterocycles. The van der Waals surface area contributed by atoms with Crippen molar-refractivity contribution in [2.75, 3.05) is 6.61 Å². The molecule has 0 atom stereocenters. The molecule has 12 nitrogen and oxygen atoms in total. The fourth-order valence-electron chi connectivity index (χ4n) is 6.34. The van der Waals surface area contributed by atoms with Gasteiger partial charge in [-0.25, -0.2) is 0 Å². The second-order valence-corrected chi connectivity index (χ2v) is 23.6. The summed E-state index contributed by atoms with van der Waals surface area (Å²) < 4.78 is 34.3. The Morgan fingerprint density at radius 2 is 0.895 bits per heavy atom. The van der Waals surface area contributed by atoms with Crippen LogP contribution in [0.3, 0.4) is 0 Å². The molecule has 0 spiro atoms. The van der Waals surface area contributed by atoms with E-state index in [1.165, 1.54) is 12.2 Å². The molecular weight excluding hydrogens is 961 g/mol. The van der Waals surface area contributed by atoms with Gasteiger partial charge in [0.05, 0.1) is 34.4 Å². The number of carbonyl (C=O) groups excluding carboxylic acids is 6. The Kier molecular flexibility index (Phi) is 22.1. The molecule has 0 saturated heterocycles. The number of hydrogen-bond acceptors (Lipinski definition) is 12. The van der Waals surface area contributed by atoms with E-state index in [9.17, 15) is 28.8 Å². The zero-order valence-corrected chi connectivity index (χ0v) is 48.3. The van der Waals surface area contributed by atoms with Crippen LogP contribution in [0.1, 0.15) is 180 Å². The van der Waals surface area contributed by atoms with Gasteiger partial charge in [0.15, 0.2) is 11.6 Å². The number of rotatable bonds is 19. The van der Waals surface area contributed by atoms with Crippen LogP contribution in [-0.2, 0) is 31.0 Å². The molecular formula is C64H82O12. The minimum atomic E-state index is -0.689. The van der Waals surface area contributed by atoms with Gasteiger partial charge in [-0.2, -0.15) is 0 Å². The molecule has 4 aromatic rings. The van der Waals surface area contributed by atoms with Crippen LogP contribution < -0.4 is 28.4 Å². The van der Waals surface area contributed by atoms with Crippen molar-refractivity contribution >= 4 is 47.6 Å². The van der Waals surface area contributed by atoms with Crippen LogP contribution in [0.4, 0.5) is 0 Å². The molecule has 0 fully saturated rings. The Bertz CT molecular complexity index is 2760. The van der Waals surface area contributed by atoms with Crippen LogP contribution in [-0.4, -0.2) is 48.2 Å². The maximum Gasteiger partial charge on any atom is 0.316 e. The number of aryl methyl sites for hydroxylation is 1. The molecule has 0 saturated carbocycles. The third-order valence-corrected chi connectivity index (χ3v) is 11.2. The predicted octanol–water partition coefficient (Wildman–Crippen LogP) is 15.0. The van der Waals surface area contributed by atoms with Crippen LogP contribution in [0.5, 0.6) is 34.5 Å². The fourth-order valence-corrected chi connectivity index (χ4v) is 6.34. The second-order valence-electron chi connectivity index (χ2n) is 23.6. The number of carbonyl (C=O) groups is 6. The first kappa shape index (κ1) is 63.2. The van der Waals surface area contributed by atoms with Gasteiger partial charge in [-0.3, -0.25) is 28.8 Å². The van der Waals surface area contributed by atoms with Crippen molar-refractivity contribution in [2.24, 2.45) is 21.7 Å². The highest BCUT2D eigenvalue weighted by molar-refractivity contribution is 6.07. The molecule has 0 bridgehead atoms. The van der Waals surface area contributed by atoms with E-state index in [2.05, 4.69) is 13.5 Å². The maximum atomic E-state index is 13.0. The van der Waals surface area contributed by atoms with E-state index in [1.807, 2.05) is 67.5 Å². The summed E-state index contributed by atoms with van der Waals surface area (Å²) in [5.41, 5.74) is 0.805. The quantitative estimate of drug-likeness (QED) is 0.0288. The zero-order chi connectivity index (χ0) is 57.6. The third kappa shape index (κ3) is 19.2. The summed E-state index contributed by atoms with van der Waals surface area (Å²) in [6.45, 7) is 37.7. The van der Waals surface area contributed by atoms with Gasteiger partial charge < -0.3 is 28.4 Å². The highest BCUT2D eigenvalue weighted by Crippen LogP contribution is 2.40. The van der Waals surface area contributed by atoms with Crippen molar-refractivity contribution in [3.05, 3.63) is 131 Å². The molecule has 12 heteroatoms. The Hall–Kier alpha value is -7.08. The molecule has 0 unspecified atom stereocenters. The standard InChI is InChI=1S/C33H42O6.C31H40O6/c1-11-19-37-27-21-28(39-30(36)32(6,7)8)25(33(9,10)12-2)20-23(27)15-18-26(34)22-13-16-24(17-14-22)38-29(35)31(3,4)5;1-10-11-22-18-23(26(35-20(2)3)19-27(22)37-29(34)31(7,8)9)14-17-25(32)21-12-15-24(16-13-21)36-28(33)30(4,5)6/h12-18,20-21H,2,11,19H2,1,3-10H3;12-20H,10-11H2,1-9H3/b18-15+;17-14+. The number of esters is 4. The van der Waals surface area contributed by atoms with Gasteiger partial charge in [-0.1, -0.05) is 40.2 Å². The Balaban J connectivity index is 0.000000401. The molecule has 4 rings (SSSR count). The van der Waals surface area contributed by atoms with Crippen LogP contribution in [0.15, 0.2) is 97.6 Å². The number of allylic oxidation sites excluding steroid dienone is 3. The smallest absolute Gasteiger partial charge is 0.316 e. The molecule has 0 aliphatic carbocycles. The lowest BCUT2D eigenvalue weighted by Gasteiger charge is -2.26. The molecule has 0 radical (unpaired) electrons. The minimum Gasteiger partial charge on any atom is -0.493 e. The number of ether oxygens (including phenoxy) is 6. The van der Waals surface area contributed by atoms with E-state index < -0.39 is 27.1 Å². The lowest BCUT2D eigenvalue weighted by molar-refractivity contribution is -0.143. The molecule has 0 aliphatic rings. The van der Waals surface area contributed by atoms with E-state index in [4.69, 9.17) is 28.4 Å². The van der Waals surface area contributed by atoms with Crippen molar-refractivity contribution in [3.8, 4) is 34.5 Å². The lowest BCUT2D eigenvalue weighted by atomic mass is 9.83. The average Bonchev–Trinajstić information content (AvgIpc) is 3.32. The first-order chi connectivity index (χ1) is 35.1. The molecule has 410 valence electrons. The van der Waals surface area contributed by atoms with Gasteiger partial charge in [-0.15, -0.1) is 6.58 Å². The first-order valence-electron chi connectivity index (χ1n) is 25.9. The van der Waals surface area contributed by atoms with Crippen molar-refractivity contribution in [3.63, 3.8) is 0 Å². The van der Waals surface area contributed by atoms with Crippen molar-refractivity contribution in [1.29, 1.82) is 0 Å². The maximum absolute atomic E-state index is 13.0. The summed E-state index contributed by atoms with van der Waals surface area (Å²) in [4.78, 5) is 75.4. The number of ketones is 2. The summed E-state index contributed by atoms with van der Waals surface area (Å²) in [5.74, 6) is 0.861. The fraction of sp³-hybridized carbons (Fsp3) is 0.438. The van der Waals surface area contributed by atoms with Gasteiger partial charge in [0.1, 0.15) is 34.5 Å². The van der Waals surface area contributed by atoms with Gasteiger partial charge >= 0.3 is 23.9 Å². The van der Waals surface area contributed by atoms with Crippen LogP contribution in [0.2, 0.25) is 0 Å². The lowest BCUT2D eigenvalue weighted by Crippen LogP contribution is -2.27. The van der Waals surface area contributed by atoms with Crippen molar-refractivity contribution < 1.29 is 57.2 Å². The topological polar surface area (TPSA) is 158 Å². The van der Waals surface area contributed by atoms with E-state index >= 15 is 0 Å². The Morgan fingerprint density at radius 1 is 0.500 bits per heavy atom. The molecule has 76 heavy (non-hydrogen) atoms. The number of benzene rings is 4. The summed E-state index contributed by atoms with van der Waals surface area (Å²) in [6.07, 6.45) is 10.4. The van der Waals surface area contributed by atoms with Gasteiger partial charge in [0.2, 0.25) is 0 Å². The van der Waals surface area contributed by atoms with Crippen LogP contribution in [0, 0.1) is 21.7 Å². The van der Waals surface area contributed by atoms with Gasteiger partial charge in [0, 0.05) is 45.4 Å². The Labute approximate surface area is 452 Å². The summed E-state index contributed by atoms with van der Waals surface area (Å²) in [7, 11) is 0. The zero-order valence-electron chi connectivity index (χ0n) is 48.3. The van der Waals surface area contributed by atoms with Gasteiger partial charge in [-0.05, 0) is 200 Å².